The van der Waals surface area contributed by atoms with Crippen LogP contribution in [-0.2, 0) is 0 Å². The Kier molecular flexibility index (Phi) is 3.37. The van der Waals surface area contributed by atoms with E-state index in [-0.39, 0.29) is 17.9 Å². The third-order valence-electron chi connectivity index (χ3n) is 2.22. The Balaban J connectivity index is 2.29. The van der Waals surface area contributed by atoms with Crippen molar-refractivity contribution in [2.75, 3.05) is 6.61 Å². The fourth-order valence-corrected chi connectivity index (χ4v) is 2.24. The zero-order valence-corrected chi connectivity index (χ0v) is 9.61. The van der Waals surface area contributed by atoms with Gasteiger partial charge in [-0.05, 0) is 6.92 Å². The van der Waals surface area contributed by atoms with Gasteiger partial charge in [-0.3, -0.25) is 0 Å². The summed E-state index contributed by atoms with van der Waals surface area (Å²) in [5.41, 5.74) is 7.17. The quantitative estimate of drug-likeness (QED) is 0.519. The van der Waals surface area contributed by atoms with E-state index in [2.05, 4.69) is 19.9 Å². The highest BCUT2D eigenvalue weighted by atomic mass is 32.2. The first-order valence-electron chi connectivity index (χ1n) is 4.89. The lowest BCUT2D eigenvalue weighted by Crippen LogP contribution is -2.31. The highest BCUT2D eigenvalue weighted by molar-refractivity contribution is 8.00. The molecule has 2 aromatic rings. The molecule has 16 heavy (non-hydrogen) atoms. The maximum absolute atomic E-state index is 9.21. The number of aliphatic hydroxyl groups is 1. The molecular formula is C9H13N5OS. The van der Waals surface area contributed by atoms with Crippen LogP contribution in [0.2, 0.25) is 0 Å². The predicted molar refractivity (Wildman–Crippen MR) is 62.1 cm³/mol. The van der Waals surface area contributed by atoms with Crippen LogP contribution in [0.3, 0.4) is 0 Å². The number of nitrogens with zero attached hydrogens (tertiary/aromatic N) is 3. The molecule has 0 bridgehead atoms. The minimum Gasteiger partial charge on any atom is -0.395 e. The topological polar surface area (TPSA) is 101 Å². The molecule has 7 heteroatoms. The minimum atomic E-state index is -0.108. The van der Waals surface area contributed by atoms with E-state index in [1.54, 1.807) is 6.33 Å². The van der Waals surface area contributed by atoms with E-state index in [4.69, 9.17) is 5.73 Å². The van der Waals surface area contributed by atoms with Crippen molar-refractivity contribution in [2.45, 2.75) is 23.2 Å². The fourth-order valence-electron chi connectivity index (χ4n) is 1.29. The maximum Gasteiger partial charge on any atom is 0.181 e. The second-order valence-electron chi connectivity index (χ2n) is 3.48. The predicted octanol–water partition coefficient (Wildman–Crippen LogP) is 0.153. The lowest BCUT2D eigenvalue weighted by atomic mass is 10.3. The Labute approximate surface area is 96.7 Å². The molecule has 0 aliphatic heterocycles. The molecule has 0 spiro atoms. The number of nitrogens with two attached hydrogens (primary N) is 1. The Bertz CT molecular complexity index is 472. The van der Waals surface area contributed by atoms with E-state index >= 15 is 0 Å². The number of fused-ring (bicyclic) bond motifs is 1. The first-order chi connectivity index (χ1) is 7.72. The summed E-state index contributed by atoms with van der Waals surface area (Å²) < 4.78 is 0. The van der Waals surface area contributed by atoms with Crippen LogP contribution in [0.1, 0.15) is 6.92 Å². The number of aromatic amines is 1. The van der Waals surface area contributed by atoms with Gasteiger partial charge in [-0.2, -0.15) is 0 Å². The second kappa shape index (κ2) is 4.77. The highest BCUT2D eigenvalue weighted by Crippen LogP contribution is 2.26. The molecule has 0 aliphatic rings. The van der Waals surface area contributed by atoms with Crippen molar-refractivity contribution in [3.05, 3.63) is 12.7 Å². The van der Waals surface area contributed by atoms with Crippen LogP contribution in [0.15, 0.2) is 17.7 Å². The molecule has 2 unspecified atom stereocenters. The van der Waals surface area contributed by atoms with E-state index in [1.165, 1.54) is 18.1 Å². The van der Waals surface area contributed by atoms with E-state index in [9.17, 15) is 5.11 Å². The third-order valence-corrected chi connectivity index (χ3v) is 3.63. The van der Waals surface area contributed by atoms with E-state index in [1.807, 2.05) is 6.92 Å². The molecule has 0 aliphatic carbocycles. The summed E-state index contributed by atoms with van der Waals surface area (Å²) in [5.74, 6) is 0. The van der Waals surface area contributed by atoms with Gasteiger partial charge in [-0.15, -0.1) is 0 Å². The number of H-pyrrole nitrogens is 1. The van der Waals surface area contributed by atoms with Gasteiger partial charge < -0.3 is 15.8 Å². The van der Waals surface area contributed by atoms with E-state index in [0.29, 0.717) is 5.65 Å². The molecule has 2 atom stereocenters. The summed E-state index contributed by atoms with van der Waals surface area (Å²) in [4.78, 5) is 15.2. The van der Waals surface area contributed by atoms with Gasteiger partial charge >= 0.3 is 0 Å². The zero-order chi connectivity index (χ0) is 11.5. The van der Waals surface area contributed by atoms with Crippen LogP contribution in [-0.4, -0.2) is 42.9 Å². The molecule has 0 radical (unpaired) electrons. The van der Waals surface area contributed by atoms with Crippen LogP contribution in [0.5, 0.6) is 0 Å². The number of aliphatic hydroxyl groups excluding tert-OH is 1. The molecule has 2 aromatic heterocycles. The molecule has 86 valence electrons. The first-order valence-corrected chi connectivity index (χ1v) is 5.77. The van der Waals surface area contributed by atoms with Crippen molar-refractivity contribution in [2.24, 2.45) is 5.73 Å². The Morgan fingerprint density at radius 1 is 1.50 bits per heavy atom. The average molecular weight is 239 g/mol. The summed E-state index contributed by atoms with van der Waals surface area (Å²) >= 11 is 1.43. The van der Waals surface area contributed by atoms with Crippen molar-refractivity contribution >= 4 is 22.9 Å². The van der Waals surface area contributed by atoms with Crippen molar-refractivity contribution in [3.63, 3.8) is 0 Å². The SMILES string of the molecule is CC(N)C(CO)Sc1ncnc2nc[nH]c12. The monoisotopic (exact) mass is 239 g/mol. The van der Waals surface area contributed by atoms with Crippen molar-refractivity contribution in [1.29, 1.82) is 0 Å². The number of imidazole rings is 1. The third kappa shape index (κ3) is 2.16. The van der Waals surface area contributed by atoms with Gasteiger partial charge in [-0.25, -0.2) is 15.0 Å². The molecule has 6 nitrogen and oxygen atoms in total. The van der Waals surface area contributed by atoms with Crippen molar-refractivity contribution < 1.29 is 5.11 Å². The lowest BCUT2D eigenvalue weighted by Gasteiger charge is -2.16. The van der Waals surface area contributed by atoms with Gasteiger partial charge in [0, 0.05) is 11.3 Å². The Morgan fingerprint density at radius 3 is 3.00 bits per heavy atom. The van der Waals surface area contributed by atoms with Gasteiger partial charge in [-0.1, -0.05) is 11.8 Å². The molecular weight excluding hydrogens is 226 g/mol. The van der Waals surface area contributed by atoms with Crippen LogP contribution in [0.4, 0.5) is 0 Å². The first kappa shape index (κ1) is 11.3. The molecule has 2 rings (SSSR count). The number of thioether (sulfide) groups is 1. The molecule has 0 aromatic carbocycles. The molecule has 0 saturated carbocycles. The number of hydrogen-bond donors (Lipinski definition) is 3. The van der Waals surface area contributed by atoms with Gasteiger partial charge in [0.05, 0.1) is 12.9 Å². The number of aromatic nitrogens is 4. The van der Waals surface area contributed by atoms with Gasteiger partial charge in [0.25, 0.3) is 0 Å². The summed E-state index contributed by atoms with van der Waals surface area (Å²) in [6.45, 7) is 1.88. The maximum atomic E-state index is 9.21. The van der Waals surface area contributed by atoms with Crippen LogP contribution < -0.4 is 5.73 Å². The van der Waals surface area contributed by atoms with E-state index in [0.717, 1.165) is 10.5 Å². The summed E-state index contributed by atoms with van der Waals surface area (Å²) in [7, 11) is 0. The minimum absolute atomic E-state index is 0.0158. The normalized spacial score (nSPS) is 15.2. The summed E-state index contributed by atoms with van der Waals surface area (Å²) in [5, 5.41) is 9.89. The molecule has 4 N–H and O–H groups in total. The number of rotatable bonds is 4. The molecule has 0 saturated heterocycles. The highest BCUT2D eigenvalue weighted by Gasteiger charge is 2.17. The Hall–Kier alpha value is -1.18. The smallest absolute Gasteiger partial charge is 0.181 e. The van der Waals surface area contributed by atoms with Crippen molar-refractivity contribution in [1.82, 2.24) is 19.9 Å². The fraction of sp³-hybridized carbons (Fsp3) is 0.444. The van der Waals surface area contributed by atoms with Crippen molar-refractivity contribution in [3.8, 4) is 0 Å². The number of nitrogens with one attached hydrogen (secondary N) is 1. The largest absolute Gasteiger partial charge is 0.395 e. The average Bonchev–Trinajstić information content (AvgIpc) is 2.73. The van der Waals surface area contributed by atoms with E-state index < -0.39 is 0 Å². The van der Waals surface area contributed by atoms with Gasteiger partial charge in [0.1, 0.15) is 16.9 Å². The molecule has 0 fully saturated rings. The molecule has 2 heterocycles. The summed E-state index contributed by atoms with van der Waals surface area (Å²) in [6, 6.07) is -0.108. The lowest BCUT2D eigenvalue weighted by molar-refractivity contribution is 0.285. The standard InChI is InChI=1S/C9H13N5OS/c1-5(10)6(2-15)16-9-7-8(12-3-11-7)13-4-14-9/h3-6,15H,2,10H2,1H3,(H,11,12,13,14). The van der Waals surface area contributed by atoms with Crippen LogP contribution in [0.25, 0.3) is 11.2 Å². The second-order valence-corrected chi connectivity index (χ2v) is 4.71. The zero-order valence-electron chi connectivity index (χ0n) is 8.79. The Morgan fingerprint density at radius 2 is 2.31 bits per heavy atom. The van der Waals surface area contributed by atoms with Crippen LogP contribution in [0, 0.1) is 0 Å². The molecule has 0 amide bonds. The summed E-state index contributed by atoms with van der Waals surface area (Å²) in [6.07, 6.45) is 3.03. The van der Waals surface area contributed by atoms with Crippen LogP contribution >= 0.6 is 11.8 Å². The van der Waals surface area contributed by atoms with Gasteiger partial charge in [0.2, 0.25) is 0 Å². The van der Waals surface area contributed by atoms with Gasteiger partial charge in [0.15, 0.2) is 5.65 Å². The number of hydrogen-bond acceptors (Lipinski definition) is 6.